The molecule has 2 aliphatic heterocycles. The Hall–Kier alpha value is -2.35. The highest BCUT2D eigenvalue weighted by Crippen LogP contribution is 2.44. The number of hydrogen-bond donors (Lipinski definition) is 2. The van der Waals surface area contributed by atoms with Crippen LogP contribution in [0.2, 0.25) is 0 Å². The van der Waals surface area contributed by atoms with Crippen molar-refractivity contribution in [2.75, 3.05) is 24.5 Å². The third kappa shape index (κ3) is 4.10. The van der Waals surface area contributed by atoms with Crippen molar-refractivity contribution in [2.24, 2.45) is 11.1 Å². The summed E-state index contributed by atoms with van der Waals surface area (Å²) in [6.07, 6.45) is 4.77. The van der Waals surface area contributed by atoms with Crippen molar-refractivity contribution in [1.82, 2.24) is 4.90 Å². The van der Waals surface area contributed by atoms with Gasteiger partial charge >= 0.3 is 6.09 Å². The Bertz CT molecular complexity index is 855. The summed E-state index contributed by atoms with van der Waals surface area (Å²) in [7, 11) is 0. The van der Waals surface area contributed by atoms with Crippen molar-refractivity contribution in [3.8, 4) is 5.75 Å². The van der Waals surface area contributed by atoms with Gasteiger partial charge in [-0.15, -0.1) is 0 Å². The largest absolute Gasteiger partial charge is 0.410 e. The Balaban J connectivity index is 1.54. The molecule has 3 fully saturated rings. The van der Waals surface area contributed by atoms with E-state index in [2.05, 4.69) is 0 Å². The van der Waals surface area contributed by atoms with Gasteiger partial charge in [-0.25, -0.2) is 9.18 Å². The van der Waals surface area contributed by atoms with E-state index in [4.69, 9.17) is 10.5 Å². The highest BCUT2D eigenvalue weighted by atomic mass is 19.1. The SMILES string of the molecule is CCc1c(OC(N)=O)ccc(N2CCC[C@@]3(CCN(C4CCC(O)CC4)C3=O)C2)c1F. The van der Waals surface area contributed by atoms with E-state index in [1.165, 1.54) is 0 Å². The molecule has 0 radical (unpaired) electrons. The summed E-state index contributed by atoms with van der Waals surface area (Å²) in [6, 6.07) is 3.41. The maximum Gasteiger partial charge on any atom is 0.409 e. The molecular formula is C23H32FN3O4. The first kappa shape index (κ1) is 21.9. The molecule has 4 rings (SSSR count). The number of primary amides is 1. The Morgan fingerprint density at radius 1 is 1.26 bits per heavy atom. The minimum Gasteiger partial charge on any atom is -0.410 e. The van der Waals surface area contributed by atoms with Crippen molar-refractivity contribution in [3.63, 3.8) is 0 Å². The number of amides is 2. The number of nitrogens with two attached hydrogens (primary N) is 1. The van der Waals surface area contributed by atoms with E-state index in [1.54, 1.807) is 19.1 Å². The molecule has 1 aromatic rings. The number of carbonyl (C=O) groups is 2. The fourth-order valence-corrected chi connectivity index (χ4v) is 5.65. The Labute approximate surface area is 182 Å². The van der Waals surface area contributed by atoms with Crippen LogP contribution < -0.4 is 15.4 Å². The lowest BCUT2D eigenvalue weighted by Crippen LogP contribution is -2.50. The van der Waals surface area contributed by atoms with Crippen molar-refractivity contribution in [2.45, 2.75) is 70.4 Å². The van der Waals surface area contributed by atoms with Gasteiger partial charge in [0.15, 0.2) is 5.82 Å². The van der Waals surface area contributed by atoms with E-state index in [1.807, 2.05) is 9.80 Å². The molecule has 0 aromatic heterocycles. The highest BCUT2D eigenvalue weighted by molar-refractivity contribution is 5.86. The van der Waals surface area contributed by atoms with Gasteiger partial charge in [0.1, 0.15) is 5.75 Å². The molecule has 2 heterocycles. The van der Waals surface area contributed by atoms with Crippen LogP contribution in [0.3, 0.4) is 0 Å². The normalized spacial score (nSPS) is 28.9. The molecule has 1 spiro atoms. The molecule has 3 aliphatic rings. The van der Waals surface area contributed by atoms with Gasteiger partial charge in [0, 0.05) is 31.2 Å². The first-order chi connectivity index (χ1) is 14.8. The van der Waals surface area contributed by atoms with Crippen LogP contribution in [0.1, 0.15) is 57.4 Å². The molecule has 0 unspecified atom stereocenters. The molecule has 8 heteroatoms. The van der Waals surface area contributed by atoms with E-state index in [-0.39, 0.29) is 23.8 Å². The fraction of sp³-hybridized carbons (Fsp3) is 0.652. The first-order valence-corrected chi connectivity index (χ1v) is 11.4. The standard InChI is InChI=1S/C23H32FN3O4/c1-2-17-19(31-22(25)30)9-8-18(20(17)24)26-12-3-10-23(14-26)11-13-27(21(23)29)15-4-6-16(28)7-5-15/h8-9,15-16,28H,2-7,10-14H2,1H3,(H2,25,30)/t15?,16?,23-/m1/s1. The van der Waals surface area contributed by atoms with E-state index in [0.717, 1.165) is 51.5 Å². The van der Waals surface area contributed by atoms with Crippen molar-refractivity contribution >= 4 is 17.7 Å². The van der Waals surface area contributed by atoms with Crippen molar-refractivity contribution in [1.29, 1.82) is 0 Å². The summed E-state index contributed by atoms with van der Waals surface area (Å²) in [5, 5.41) is 9.79. The number of aliphatic hydroxyl groups is 1. The number of piperidine rings is 1. The van der Waals surface area contributed by atoms with Crippen LogP contribution >= 0.6 is 0 Å². The second-order valence-corrected chi connectivity index (χ2v) is 9.17. The number of rotatable bonds is 4. The van der Waals surface area contributed by atoms with Crippen molar-refractivity contribution in [3.05, 3.63) is 23.5 Å². The van der Waals surface area contributed by atoms with Gasteiger partial charge in [-0.3, -0.25) is 4.79 Å². The second-order valence-electron chi connectivity index (χ2n) is 9.17. The monoisotopic (exact) mass is 433 g/mol. The number of ether oxygens (including phenoxy) is 1. The van der Waals surface area contributed by atoms with Gasteiger partial charge in [-0.1, -0.05) is 6.92 Å². The Morgan fingerprint density at radius 2 is 2.00 bits per heavy atom. The summed E-state index contributed by atoms with van der Waals surface area (Å²) in [5.74, 6) is -0.0872. The van der Waals surface area contributed by atoms with Crippen LogP contribution in [0.4, 0.5) is 14.9 Å². The smallest absolute Gasteiger partial charge is 0.409 e. The molecule has 0 bridgehead atoms. The molecule has 2 amide bonds. The number of aliphatic hydroxyl groups excluding tert-OH is 1. The maximum absolute atomic E-state index is 15.4. The Kier molecular flexibility index (Phi) is 6.10. The number of benzene rings is 1. The molecule has 3 N–H and O–H groups in total. The Morgan fingerprint density at radius 3 is 2.68 bits per heavy atom. The molecule has 1 aromatic carbocycles. The fourth-order valence-electron chi connectivity index (χ4n) is 5.65. The molecule has 7 nitrogen and oxygen atoms in total. The molecule has 1 atom stereocenters. The van der Waals surface area contributed by atoms with E-state index < -0.39 is 17.3 Å². The maximum atomic E-state index is 15.4. The second kappa shape index (κ2) is 8.65. The third-order valence-electron chi connectivity index (χ3n) is 7.31. The van der Waals surface area contributed by atoms with Gasteiger partial charge in [0.2, 0.25) is 5.91 Å². The number of anilines is 1. The number of likely N-dealkylation sites (tertiary alicyclic amines) is 1. The van der Waals surface area contributed by atoms with E-state index in [0.29, 0.717) is 30.8 Å². The van der Waals surface area contributed by atoms with Crippen LogP contribution in [-0.2, 0) is 11.2 Å². The van der Waals surface area contributed by atoms with Gasteiger partial charge in [0.25, 0.3) is 0 Å². The lowest BCUT2D eigenvalue weighted by atomic mass is 9.78. The van der Waals surface area contributed by atoms with Gasteiger partial charge in [0.05, 0.1) is 17.2 Å². The zero-order chi connectivity index (χ0) is 22.2. The summed E-state index contributed by atoms with van der Waals surface area (Å²) in [4.78, 5) is 28.6. The molecule has 31 heavy (non-hydrogen) atoms. The zero-order valence-electron chi connectivity index (χ0n) is 18.1. The minimum atomic E-state index is -0.967. The summed E-state index contributed by atoms with van der Waals surface area (Å²) < 4.78 is 20.3. The first-order valence-electron chi connectivity index (χ1n) is 11.4. The minimum absolute atomic E-state index is 0.144. The van der Waals surface area contributed by atoms with Crippen LogP contribution in [-0.4, -0.2) is 53.8 Å². The van der Waals surface area contributed by atoms with Gasteiger partial charge < -0.3 is 25.4 Å². The van der Waals surface area contributed by atoms with Crippen LogP contribution in [0, 0.1) is 11.2 Å². The average molecular weight is 434 g/mol. The number of hydrogen-bond acceptors (Lipinski definition) is 5. The molecule has 170 valence electrons. The number of carbonyl (C=O) groups excluding carboxylic acids is 2. The molecule has 2 saturated heterocycles. The summed E-state index contributed by atoms with van der Waals surface area (Å²) in [6.45, 7) is 3.71. The molecular weight excluding hydrogens is 401 g/mol. The number of halogens is 1. The van der Waals surface area contributed by atoms with Gasteiger partial charge in [-0.2, -0.15) is 0 Å². The number of nitrogens with zero attached hydrogens (tertiary/aromatic N) is 2. The van der Waals surface area contributed by atoms with Crippen LogP contribution in [0.15, 0.2) is 12.1 Å². The summed E-state index contributed by atoms with van der Waals surface area (Å²) >= 11 is 0. The van der Waals surface area contributed by atoms with E-state index in [9.17, 15) is 14.7 Å². The van der Waals surface area contributed by atoms with Crippen LogP contribution in [0.25, 0.3) is 0 Å². The molecule has 1 saturated carbocycles. The topological polar surface area (TPSA) is 96.1 Å². The zero-order valence-corrected chi connectivity index (χ0v) is 18.1. The molecule has 1 aliphatic carbocycles. The quantitative estimate of drug-likeness (QED) is 0.761. The lowest BCUT2D eigenvalue weighted by molar-refractivity contribution is -0.139. The predicted octanol–water partition coefficient (Wildman–Crippen LogP) is 2.97. The summed E-state index contributed by atoms with van der Waals surface area (Å²) in [5.41, 5.74) is 5.39. The lowest BCUT2D eigenvalue weighted by Gasteiger charge is -2.41. The van der Waals surface area contributed by atoms with E-state index >= 15 is 4.39 Å². The highest BCUT2D eigenvalue weighted by Gasteiger charge is 2.50. The average Bonchev–Trinajstić information content (AvgIpc) is 3.04. The van der Waals surface area contributed by atoms with Gasteiger partial charge in [-0.05, 0) is 63.5 Å². The van der Waals surface area contributed by atoms with Crippen molar-refractivity contribution < 1.29 is 23.8 Å². The third-order valence-corrected chi connectivity index (χ3v) is 7.31. The van der Waals surface area contributed by atoms with Crippen LogP contribution in [0.5, 0.6) is 5.75 Å². The predicted molar refractivity (Wildman–Crippen MR) is 114 cm³/mol.